The fourth-order valence-electron chi connectivity index (χ4n) is 10.5. The molecule has 13 rings (SSSR count). The monoisotopic (exact) mass is 833 g/mol. The lowest BCUT2D eigenvalue weighted by molar-refractivity contribution is 0.669. The fourth-order valence-corrected chi connectivity index (χ4v) is 11.5. The number of hydrogen-bond donors (Lipinski definition) is 0. The molecular weight excluding hydrogens is 795 g/mol. The highest BCUT2D eigenvalue weighted by molar-refractivity contribution is 7.25. The molecule has 0 spiro atoms. The fraction of sp³-hybridized carbons (Fsp3) is 0.0164. The number of para-hydroxylation sites is 1. The number of benzene rings is 10. The first-order valence-corrected chi connectivity index (χ1v) is 22.7. The molecule has 0 aliphatic heterocycles. The molecule has 2 heterocycles. The second-order valence-electron chi connectivity index (χ2n) is 16.8. The van der Waals surface area contributed by atoms with Gasteiger partial charge in [0.15, 0.2) is 0 Å². The highest BCUT2D eigenvalue weighted by Crippen LogP contribution is 2.56. The summed E-state index contributed by atoms with van der Waals surface area (Å²) in [6.07, 6.45) is 0. The standard InChI is InChI=1S/C61H39NOS/c1-2-14-44(15-3-1)61(55-21-8-4-17-49(55)50-18-5-9-22-56(50)61)45-29-33-47(34-30-45)62(46-31-25-40(26-32-46)42-28-36-60-54(39-42)52-20-7-11-24-59(52)64-60)48-16-12-13-41(37-48)43-27-35-58-53(38-43)51-19-6-10-23-57(51)63-58/h1-39H. The molecule has 0 unspecified atom stereocenters. The second-order valence-corrected chi connectivity index (χ2v) is 17.9. The van der Waals surface area contributed by atoms with Crippen LogP contribution in [0.1, 0.15) is 22.3 Å². The minimum absolute atomic E-state index is 0.468. The molecule has 2 nitrogen and oxygen atoms in total. The van der Waals surface area contributed by atoms with Gasteiger partial charge >= 0.3 is 0 Å². The van der Waals surface area contributed by atoms with Crippen molar-refractivity contribution in [1.29, 1.82) is 0 Å². The number of rotatable bonds is 7. The minimum atomic E-state index is -0.468. The predicted octanol–water partition coefficient (Wildman–Crippen LogP) is 17.1. The maximum absolute atomic E-state index is 6.21. The molecule has 0 radical (unpaired) electrons. The molecule has 2 aromatic heterocycles. The third-order valence-corrected chi connectivity index (χ3v) is 14.5. The zero-order valence-electron chi connectivity index (χ0n) is 34.8. The van der Waals surface area contributed by atoms with Gasteiger partial charge < -0.3 is 9.32 Å². The van der Waals surface area contributed by atoms with Gasteiger partial charge in [0.1, 0.15) is 11.2 Å². The number of fused-ring (bicyclic) bond motifs is 9. The van der Waals surface area contributed by atoms with Crippen molar-refractivity contribution in [3.63, 3.8) is 0 Å². The maximum Gasteiger partial charge on any atom is 0.135 e. The molecule has 3 heteroatoms. The van der Waals surface area contributed by atoms with Crippen LogP contribution in [-0.2, 0) is 5.41 Å². The lowest BCUT2D eigenvalue weighted by Gasteiger charge is -2.34. The molecule has 64 heavy (non-hydrogen) atoms. The van der Waals surface area contributed by atoms with E-state index in [-0.39, 0.29) is 0 Å². The van der Waals surface area contributed by atoms with Crippen LogP contribution in [-0.4, -0.2) is 0 Å². The van der Waals surface area contributed by atoms with Crippen LogP contribution in [0.2, 0.25) is 0 Å². The van der Waals surface area contributed by atoms with Gasteiger partial charge in [0.25, 0.3) is 0 Å². The van der Waals surface area contributed by atoms with E-state index in [9.17, 15) is 0 Å². The van der Waals surface area contributed by atoms with E-state index < -0.39 is 5.41 Å². The number of hydrogen-bond acceptors (Lipinski definition) is 3. The smallest absolute Gasteiger partial charge is 0.135 e. The quantitative estimate of drug-likeness (QED) is 0.159. The van der Waals surface area contributed by atoms with Gasteiger partial charge in [-0.2, -0.15) is 0 Å². The van der Waals surface area contributed by atoms with Crippen LogP contribution in [0.25, 0.3) is 75.5 Å². The highest BCUT2D eigenvalue weighted by Gasteiger charge is 2.45. The van der Waals surface area contributed by atoms with E-state index in [1.165, 1.54) is 64.7 Å². The largest absolute Gasteiger partial charge is 0.456 e. The Hall–Kier alpha value is -7.98. The summed E-state index contributed by atoms with van der Waals surface area (Å²) < 4.78 is 8.85. The van der Waals surface area contributed by atoms with Crippen molar-refractivity contribution in [3.8, 4) is 33.4 Å². The molecule has 300 valence electrons. The molecule has 0 bridgehead atoms. The topological polar surface area (TPSA) is 16.4 Å². The zero-order chi connectivity index (χ0) is 42.2. The van der Waals surface area contributed by atoms with Crippen molar-refractivity contribution in [2.45, 2.75) is 5.41 Å². The summed E-state index contributed by atoms with van der Waals surface area (Å²) in [6, 6.07) is 86.6. The highest BCUT2D eigenvalue weighted by atomic mass is 32.1. The maximum atomic E-state index is 6.21. The molecule has 0 N–H and O–H groups in total. The Labute approximate surface area is 375 Å². The molecule has 10 aromatic carbocycles. The van der Waals surface area contributed by atoms with Crippen LogP contribution in [0.5, 0.6) is 0 Å². The Bertz CT molecular complexity index is 3680. The first-order valence-electron chi connectivity index (χ1n) is 21.9. The number of thiophene rings is 1. The molecule has 0 atom stereocenters. The van der Waals surface area contributed by atoms with Crippen LogP contribution in [0, 0.1) is 0 Å². The van der Waals surface area contributed by atoms with Gasteiger partial charge in [-0.1, -0.05) is 164 Å². The summed E-state index contributed by atoms with van der Waals surface area (Å²) in [5, 5.41) is 4.87. The second kappa shape index (κ2) is 14.6. The molecule has 12 aromatic rings. The first kappa shape index (κ1) is 36.7. The van der Waals surface area contributed by atoms with Gasteiger partial charge in [0.2, 0.25) is 0 Å². The Balaban J connectivity index is 0.953. The third kappa shape index (κ3) is 5.64. The van der Waals surface area contributed by atoms with Crippen LogP contribution < -0.4 is 4.90 Å². The van der Waals surface area contributed by atoms with E-state index in [1.54, 1.807) is 0 Å². The van der Waals surface area contributed by atoms with Crippen molar-refractivity contribution in [2.75, 3.05) is 4.90 Å². The van der Waals surface area contributed by atoms with Crippen LogP contribution in [0.3, 0.4) is 0 Å². The number of anilines is 3. The Morgan fingerprint density at radius 3 is 1.66 bits per heavy atom. The molecule has 1 aliphatic carbocycles. The summed E-state index contributed by atoms with van der Waals surface area (Å²) >= 11 is 1.86. The van der Waals surface area contributed by atoms with E-state index in [2.05, 4.69) is 229 Å². The molecule has 0 amide bonds. The number of nitrogens with zero attached hydrogens (tertiary/aromatic N) is 1. The Morgan fingerprint density at radius 2 is 0.875 bits per heavy atom. The minimum Gasteiger partial charge on any atom is -0.456 e. The average Bonchev–Trinajstić information content (AvgIpc) is 4.03. The van der Waals surface area contributed by atoms with E-state index in [0.29, 0.717) is 0 Å². The third-order valence-electron chi connectivity index (χ3n) is 13.4. The van der Waals surface area contributed by atoms with E-state index in [1.807, 2.05) is 23.5 Å². The van der Waals surface area contributed by atoms with Crippen molar-refractivity contribution in [2.24, 2.45) is 0 Å². The predicted molar refractivity (Wildman–Crippen MR) is 269 cm³/mol. The number of furan rings is 1. The molecule has 0 fully saturated rings. The Kier molecular flexibility index (Phi) is 8.34. The lowest BCUT2D eigenvalue weighted by Crippen LogP contribution is -2.28. The molecule has 1 aliphatic rings. The van der Waals surface area contributed by atoms with Crippen molar-refractivity contribution in [1.82, 2.24) is 0 Å². The average molecular weight is 834 g/mol. The van der Waals surface area contributed by atoms with Gasteiger partial charge in [0.05, 0.1) is 5.41 Å². The van der Waals surface area contributed by atoms with Crippen molar-refractivity contribution in [3.05, 3.63) is 259 Å². The van der Waals surface area contributed by atoms with Gasteiger partial charge in [-0.15, -0.1) is 11.3 Å². The van der Waals surface area contributed by atoms with Crippen LogP contribution >= 0.6 is 11.3 Å². The van der Waals surface area contributed by atoms with Crippen molar-refractivity contribution >= 4 is 70.5 Å². The molecule has 0 saturated carbocycles. The molecular formula is C61H39NOS. The summed E-state index contributed by atoms with van der Waals surface area (Å²) in [4.78, 5) is 2.39. The molecule has 0 saturated heterocycles. The van der Waals surface area contributed by atoms with E-state index in [4.69, 9.17) is 4.42 Å². The van der Waals surface area contributed by atoms with Crippen LogP contribution in [0.15, 0.2) is 241 Å². The van der Waals surface area contributed by atoms with Crippen molar-refractivity contribution < 1.29 is 4.42 Å². The summed E-state index contributed by atoms with van der Waals surface area (Å²) in [5.41, 5.74) is 17.0. The zero-order valence-corrected chi connectivity index (χ0v) is 35.6. The van der Waals surface area contributed by atoms with E-state index >= 15 is 0 Å². The first-order chi connectivity index (χ1) is 31.7. The summed E-state index contributed by atoms with van der Waals surface area (Å²) in [6.45, 7) is 0. The van der Waals surface area contributed by atoms with E-state index in [0.717, 1.165) is 50.1 Å². The van der Waals surface area contributed by atoms with Gasteiger partial charge in [0, 0.05) is 48.0 Å². The van der Waals surface area contributed by atoms with Gasteiger partial charge in [-0.25, -0.2) is 0 Å². The van der Waals surface area contributed by atoms with Gasteiger partial charge in [-0.05, 0) is 128 Å². The lowest BCUT2D eigenvalue weighted by atomic mass is 9.68. The Morgan fingerprint density at radius 1 is 0.328 bits per heavy atom. The normalized spacial score (nSPS) is 12.8. The summed E-state index contributed by atoms with van der Waals surface area (Å²) in [5.74, 6) is 0. The SMILES string of the molecule is c1ccc(C2(c3ccc(N(c4ccc(-c5ccc6sc7ccccc7c6c5)cc4)c4cccc(-c5ccc6oc7ccccc7c6c5)c4)cc3)c3ccccc3-c3ccccc32)cc1. The van der Waals surface area contributed by atoms with Gasteiger partial charge in [-0.3, -0.25) is 0 Å². The summed E-state index contributed by atoms with van der Waals surface area (Å²) in [7, 11) is 0. The van der Waals surface area contributed by atoms with Crippen LogP contribution in [0.4, 0.5) is 17.1 Å².